The van der Waals surface area contributed by atoms with Gasteiger partial charge < -0.3 is 0 Å². The Hall–Kier alpha value is -3.65. The lowest BCUT2D eigenvalue weighted by molar-refractivity contribution is -0.117. The van der Waals surface area contributed by atoms with Crippen molar-refractivity contribution < 1.29 is 26.2 Å². The van der Waals surface area contributed by atoms with Crippen molar-refractivity contribution >= 4 is 60.4 Å². The Kier molecular flexibility index (Phi) is 6.91. The van der Waals surface area contributed by atoms with Gasteiger partial charge in [0, 0.05) is 5.69 Å². The Labute approximate surface area is 211 Å². The SMILES string of the molecule is CC1=NN(c2cc(S(=O)(=O)O)ccc2Cl)C(=O)C1/N=N/c1cccc(S(=O)(=O)Nc2ccccc2)c1. The van der Waals surface area contributed by atoms with E-state index in [0.29, 0.717) is 5.69 Å². The van der Waals surface area contributed by atoms with Crippen molar-refractivity contribution in [2.75, 3.05) is 9.73 Å². The van der Waals surface area contributed by atoms with Gasteiger partial charge in [0.15, 0.2) is 6.04 Å². The smallest absolute Gasteiger partial charge is 0.282 e. The van der Waals surface area contributed by atoms with Gasteiger partial charge in [0.2, 0.25) is 0 Å². The lowest BCUT2D eigenvalue weighted by atomic mass is 10.2. The third-order valence-corrected chi connectivity index (χ3v) is 7.53. The van der Waals surface area contributed by atoms with Crippen molar-refractivity contribution in [2.24, 2.45) is 15.3 Å². The zero-order valence-corrected chi connectivity index (χ0v) is 20.9. The van der Waals surface area contributed by atoms with E-state index in [9.17, 15) is 26.2 Å². The number of rotatable bonds is 7. The zero-order valence-electron chi connectivity index (χ0n) is 18.5. The molecular weight excluding hydrogens is 530 g/mol. The highest BCUT2D eigenvalue weighted by Gasteiger charge is 2.36. The molecule has 186 valence electrons. The van der Waals surface area contributed by atoms with E-state index in [1.54, 1.807) is 30.3 Å². The number of carbonyl (C=O) groups excluding carboxylic acids is 1. The summed E-state index contributed by atoms with van der Waals surface area (Å²) in [6.45, 7) is 1.52. The number of halogens is 1. The molecule has 0 bridgehead atoms. The molecule has 0 aromatic heterocycles. The molecule has 0 radical (unpaired) electrons. The highest BCUT2D eigenvalue weighted by atomic mass is 35.5. The van der Waals surface area contributed by atoms with E-state index in [1.807, 2.05) is 0 Å². The second-order valence-electron chi connectivity index (χ2n) is 7.57. The second-order valence-corrected chi connectivity index (χ2v) is 11.1. The summed E-state index contributed by atoms with van der Waals surface area (Å²) < 4.78 is 60.1. The van der Waals surface area contributed by atoms with Gasteiger partial charge >= 0.3 is 0 Å². The number of benzene rings is 3. The monoisotopic (exact) mass is 547 g/mol. The Bertz CT molecular complexity index is 1610. The van der Waals surface area contributed by atoms with Crippen LogP contribution >= 0.6 is 11.6 Å². The average Bonchev–Trinajstić information content (AvgIpc) is 3.10. The molecule has 14 heteroatoms. The number of nitrogens with zero attached hydrogens (tertiary/aromatic N) is 4. The maximum absolute atomic E-state index is 13.0. The Morgan fingerprint density at radius 2 is 1.69 bits per heavy atom. The molecule has 1 heterocycles. The van der Waals surface area contributed by atoms with E-state index in [2.05, 4.69) is 20.1 Å². The first kappa shape index (κ1) is 25.4. The van der Waals surface area contributed by atoms with Crippen LogP contribution in [0.4, 0.5) is 17.1 Å². The standard InChI is InChI=1S/C22H18ClN5O6S2/c1-14-21(22(29)28(26-14)20-13-18(36(32,33)34)10-11-19(20)23)25-24-16-8-5-9-17(12-16)35(30,31)27-15-6-3-2-4-7-15/h2-13,21,27H,1H3,(H,32,33,34)/b25-24+. The number of nitrogens with one attached hydrogen (secondary N) is 1. The normalized spacial score (nSPS) is 16.4. The van der Waals surface area contributed by atoms with Gasteiger partial charge in [0.25, 0.3) is 26.0 Å². The lowest BCUT2D eigenvalue weighted by Crippen LogP contribution is -2.30. The molecule has 1 amide bonds. The van der Waals surface area contributed by atoms with Crippen LogP contribution in [-0.4, -0.2) is 39.0 Å². The summed E-state index contributed by atoms with van der Waals surface area (Å²) in [5, 5.41) is 13.0. The molecule has 0 saturated carbocycles. The summed E-state index contributed by atoms with van der Waals surface area (Å²) >= 11 is 6.12. The van der Waals surface area contributed by atoms with E-state index >= 15 is 0 Å². The molecule has 1 unspecified atom stereocenters. The van der Waals surface area contributed by atoms with Crippen LogP contribution in [0.1, 0.15) is 6.92 Å². The number of anilines is 2. The van der Waals surface area contributed by atoms with Gasteiger partial charge in [0.05, 0.1) is 31.9 Å². The van der Waals surface area contributed by atoms with Gasteiger partial charge in [-0.25, -0.2) is 8.42 Å². The number of carbonyl (C=O) groups is 1. The van der Waals surface area contributed by atoms with Crippen LogP contribution in [0.15, 0.2) is 97.9 Å². The Morgan fingerprint density at radius 3 is 2.39 bits per heavy atom. The summed E-state index contributed by atoms with van der Waals surface area (Å²) in [6.07, 6.45) is 0. The molecule has 4 rings (SSSR count). The van der Waals surface area contributed by atoms with E-state index in [1.165, 1.54) is 37.3 Å². The van der Waals surface area contributed by atoms with E-state index in [0.717, 1.165) is 17.1 Å². The van der Waals surface area contributed by atoms with Crippen molar-refractivity contribution in [2.45, 2.75) is 22.8 Å². The fourth-order valence-corrected chi connectivity index (χ4v) is 5.03. The van der Waals surface area contributed by atoms with Gasteiger partial charge in [-0.2, -0.15) is 28.8 Å². The third-order valence-electron chi connectivity index (χ3n) is 4.98. The van der Waals surface area contributed by atoms with E-state index in [4.69, 9.17) is 11.6 Å². The maximum atomic E-state index is 13.0. The fraction of sp³-hybridized carbons (Fsp3) is 0.0909. The Balaban J connectivity index is 1.57. The molecule has 1 atom stereocenters. The van der Waals surface area contributed by atoms with E-state index < -0.39 is 37.0 Å². The van der Waals surface area contributed by atoms with Crippen LogP contribution in [0.3, 0.4) is 0 Å². The number of hydrazone groups is 1. The Morgan fingerprint density at radius 1 is 0.972 bits per heavy atom. The summed E-state index contributed by atoms with van der Waals surface area (Å²) in [5.74, 6) is -0.667. The molecule has 0 spiro atoms. The topological polar surface area (TPSA) is 158 Å². The number of amides is 1. The molecule has 3 aromatic carbocycles. The lowest BCUT2D eigenvalue weighted by Gasteiger charge is -2.15. The first-order valence-electron chi connectivity index (χ1n) is 10.2. The van der Waals surface area contributed by atoms with Gasteiger partial charge in [-0.3, -0.25) is 14.1 Å². The number of para-hydroxylation sites is 1. The molecule has 1 aliphatic heterocycles. The quantitative estimate of drug-likeness (QED) is 0.332. The first-order chi connectivity index (χ1) is 17.0. The highest BCUT2D eigenvalue weighted by Crippen LogP contribution is 2.32. The predicted octanol–water partition coefficient (Wildman–Crippen LogP) is 4.26. The molecule has 0 saturated heterocycles. The predicted molar refractivity (Wildman–Crippen MR) is 134 cm³/mol. The van der Waals surface area contributed by atoms with Gasteiger partial charge in [0.1, 0.15) is 0 Å². The molecule has 0 aliphatic carbocycles. The minimum absolute atomic E-state index is 0.0220. The minimum atomic E-state index is -4.54. The second kappa shape index (κ2) is 9.78. The number of hydrogen-bond acceptors (Lipinski definition) is 8. The van der Waals surface area contributed by atoms with Crippen molar-refractivity contribution in [3.8, 4) is 0 Å². The van der Waals surface area contributed by atoms with Crippen molar-refractivity contribution in [1.82, 2.24) is 0 Å². The van der Waals surface area contributed by atoms with Crippen LogP contribution in [0.25, 0.3) is 0 Å². The molecule has 2 N–H and O–H groups in total. The van der Waals surface area contributed by atoms with Crippen LogP contribution in [0.5, 0.6) is 0 Å². The first-order valence-corrected chi connectivity index (χ1v) is 13.5. The molecule has 11 nitrogen and oxygen atoms in total. The largest absolute Gasteiger partial charge is 0.294 e. The summed E-state index contributed by atoms with van der Waals surface area (Å²) in [6, 6.07) is 16.2. The highest BCUT2D eigenvalue weighted by molar-refractivity contribution is 7.92. The number of hydrogen-bond donors (Lipinski definition) is 2. The van der Waals surface area contributed by atoms with Crippen molar-refractivity contribution in [3.63, 3.8) is 0 Å². The molecule has 36 heavy (non-hydrogen) atoms. The van der Waals surface area contributed by atoms with Crippen molar-refractivity contribution in [3.05, 3.63) is 77.8 Å². The third kappa shape index (κ3) is 5.44. The number of sulfonamides is 1. The van der Waals surface area contributed by atoms with Gasteiger partial charge in [-0.05, 0) is 55.5 Å². The fourth-order valence-electron chi connectivity index (χ4n) is 3.23. The molecule has 1 aliphatic rings. The maximum Gasteiger partial charge on any atom is 0.294 e. The molecule has 0 fully saturated rings. The van der Waals surface area contributed by atoms with Crippen LogP contribution < -0.4 is 9.73 Å². The number of azo groups is 1. The zero-order chi connectivity index (χ0) is 26.1. The summed E-state index contributed by atoms with van der Waals surface area (Å²) in [7, 11) is -8.44. The van der Waals surface area contributed by atoms with Gasteiger partial charge in [-0.15, -0.1) is 0 Å². The molecule has 3 aromatic rings. The molecular formula is C22H18ClN5O6S2. The average molecular weight is 548 g/mol. The summed E-state index contributed by atoms with van der Waals surface area (Å²) in [5.41, 5.74) is 0.752. The van der Waals surface area contributed by atoms with Crippen LogP contribution in [0.2, 0.25) is 5.02 Å². The van der Waals surface area contributed by atoms with Crippen LogP contribution in [0, 0.1) is 0 Å². The minimum Gasteiger partial charge on any atom is -0.282 e. The van der Waals surface area contributed by atoms with E-state index in [-0.39, 0.29) is 27.0 Å². The van der Waals surface area contributed by atoms with Crippen LogP contribution in [-0.2, 0) is 24.9 Å². The summed E-state index contributed by atoms with van der Waals surface area (Å²) in [4.78, 5) is 12.4. The van der Waals surface area contributed by atoms with Crippen molar-refractivity contribution in [1.29, 1.82) is 0 Å². The van der Waals surface area contributed by atoms with Gasteiger partial charge in [-0.1, -0.05) is 35.9 Å².